The lowest BCUT2D eigenvalue weighted by Gasteiger charge is -2.18. The molecule has 1 atom stereocenters. The summed E-state index contributed by atoms with van der Waals surface area (Å²) in [6.45, 7) is 1.97. The fourth-order valence-corrected chi connectivity index (χ4v) is 3.85. The summed E-state index contributed by atoms with van der Waals surface area (Å²) in [6, 6.07) is 11.6. The van der Waals surface area contributed by atoms with Crippen LogP contribution in [0.2, 0.25) is 5.02 Å². The maximum absolute atomic E-state index is 12.6. The van der Waals surface area contributed by atoms with Gasteiger partial charge in [-0.25, -0.2) is 0 Å². The Hall–Kier alpha value is -3.19. The topological polar surface area (TPSA) is 84.0 Å². The molecule has 2 aromatic carbocycles. The predicted molar refractivity (Wildman–Crippen MR) is 110 cm³/mol. The standard InChI is InChI=1S/C22H19ClN2O5/c1-13-10-17(6-7-18(13)25-19(26)8-9-20(25)27)30-22(29)14-11-21(28)24(12-14)16-4-2-15(23)3-5-16/h2-7,10,14H,8-9,11-12H2,1H3/t14-/m1/s1. The maximum atomic E-state index is 12.6. The molecule has 0 N–H and O–H groups in total. The molecule has 0 saturated carbocycles. The van der Waals surface area contributed by atoms with Gasteiger partial charge in [-0.05, 0) is 55.0 Å². The molecular weight excluding hydrogens is 408 g/mol. The molecule has 2 fully saturated rings. The number of aryl methyl sites for hydroxylation is 1. The minimum atomic E-state index is -0.588. The molecule has 0 aliphatic carbocycles. The van der Waals surface area contributed by atoms with E-state index in [2.05, 4.69) is 0 Å². The summed E-state index contributed by atoms with van der Waals surface area (Å²) >= 11 is 5.89. The summed E-state index contributed by atoms with van der Waals surface area (Å²) in [6.07, 6.45) is 0.471. The fourth-order valence-electron chi connectivity index (χ4n) is 3.72. The van der Waals surface area contributed by atoms with Crippen LogP contribution in [-0.2, 0) is 19.2 Å². The number of carbonyl (C=O) groups excluding carboxylic acids is 4. The van der Waals surface area contributed by atoms with Gasteiger partial charge in [0.1, 0.15) is 5.75 Å². The summed E-state index contributed by atoms with van der Waals surface area (Å²) in [5.41, 5.74) is 1.82. The first kappa shape index (κ1) is 20.1. The highest BCUT2D eigenvalue weighted by Crippen LogP contribution is 2.31. The van der Waals surface area contributed by atoms with Gasteiger partial charge >= 0.3 is 5.97 Å². The van der Waals surface area contributed by atoms with Crippen molar-refractivity contribution < 1.29 is 23.9 Å². The number of nitrogens with zero attached hydrogens (tertiary/aromatic N) is 2. The van der Waals surface area contributed by atoms with Crippen molar-refractivity contribution in [2.24, 2.45) is 5.92 Å². The van der Waals surface area contributed by atoms with E-state index in [4.69, 9.17) is 16.3 Å². The largest absolute Gasteiger partial charge is 0.426 e. The Labute approximate surface area is 178 Å². The Morgan fingerprint density at radius 3 is 2.30 bits per heavy atom. The monoisotopic (exact) mass is 426 g/mol. The lowest BCUT2D eigenvalue weighted by atomic mass is 10.1. The van der Waals surface area contributed by atoms with Crippen molar-refractivity contribution >= 4 is 46.7 Å². The molecule has 8 heteroatoms. The zero-order valence-electron chi connectivity index (χ0n) is 16.3. The van der Waals surface area contributed by atoms with Crippen LogP contribution in [-0.4, -0.2) is 30.2 Å². The van der Waals surface area contributed by atoms with Crippen LogP contribution in [0.5, 0.6) is 5.75 Å². The Bertz CT molecular complexity index is 1030. The normalized spacial score (nSPS) is 19.0. The average Bonchev–Trinajstić information content (AvgIpc) is 3.25. The van der Waals surface area contributed by atoms with E-state index in [1.165, 1.54) is 4.90 Å². The molecule has 30 heavy (non-hydrogen) atoms. The van der Waals surface area contributed by atoms with Gasteiger partial charge in [0.05, 0.1) is 11.6 Å². The third kappa shape index (κ3) is 3.80. The number of esters is 1. The van der Waals surface area contributed by atoms with Crippen LogP contribution >= 0.6 is 11.6 Å². The molecule has 0 radical (unpaired) electrons. The highest BCUT2D eigenvalue weighted by atomic mass is 35.5. The van der Waals surface area contributed by atoms with Crippen molar-refractivity contribution in [3.05, 3.63) is 53.1 Å². The van der Waals surface area contributed by atoms with Crippen molar-refractivity contribution in [2.75, 3.05) is 16.3 Å². The van der Waals surface area contributed by atoms with Crippen molar-refractivity contribution in [3.63, 3.8) is 0 Å². The SMILES string of the molecule is Cc1cc(OC(=O)[C@@H]2CC(=O)N(c3ccc(Cl)cc3)C2)ccc1N1C(=O)CCC1=O. The van der Waals surface area contributed by atoms with E-state index in [9.17, 15) is 19.2 Å². The van der Waals surface area contributed by atoms with Gasteiger partial charge in [-0.1, -0.05) is 11.6 Å². The number of benzene rings is 2. The van der Waals surface area contributed by atoms with Gasteiger partial charge < -0.3 is 9.64 Å². The Balaban J connectivity index is 1.44. The summed E-state index contributed by atoms with van der Waals surface area (Å²) < 4.78 is 5.47. The predicted octanol–water partition coefficient (Wildman–Crippen LogP) is 3.26. The van der Waals surface area contributed by atoms with Crippen LogP contribution in [0.15, 0.2) is 42.5 Å². The van der Waals surface area contributed by atoms with Crippen LogP contribution < -0.4 is 14.5 Å². The van der Waals surface area contributed by atoms with E-state index in [1.54, 1.807) is 54.3 Å². The number of hydrogen-bond acceptors (Lipinski definition) is 5. The van der Waals surface area contributed by atoms with Crippen LogP contribution in [0.4, 0.5) is 11.4 Å². The highest BCUT2D eigenvalue weighted by molar-refractivity contribution is 6.30. The van der Waals surface area contributed by atoms with Crippen molar-refractivity contribution in [3.8, 4) is 5.75 Å². The molecule has 2 aromatic rings. The van der Waals surface area contributed by atoms with Gasteiger partial charge in [-0.3, -0.25) is 24.1 Å². The molecule has 7 nitrogen and oxygen atoms in total. The molecule has 2 aliphatic rings. The molecule has 3 amide bonds. The number of ether oxygens (including phenoxy) is 1. The molecule has 2 saturated heterocycles. The van der Waals surface area contributed by atoms with Gasteiger partial charge in [0, 0.05) is 36.5 Å². The lowest BCUT2D eigenvalue weighted by Crippen LogP contribution is -2.29. The van der Waals surface area contributed by atoms with E-state index >= 15 is 0 Å². The Morgan fingerprint density at radius 1 is 1.00 bits per heavy atom. The van der Waals surface area contributed by atoms with Crippen LogP contribution in [0.25, 0.3) is 0 Å². The fraction of sp³-hybridized carbons (Fsp3) is 0.273. The van der Waals surface area contributed by atoms with Crippen LogP contribution in [0.3, 0.4) is 0 Å². The van der Waals surface area contributed by atoms with E-state index in [0.717, 1.165) is 0 Å². The summed E-state index contributed by atoms with van der Waals surface area (Å²) in [5, 5.41) is 0.567. The molecule has 4 rings (SSSR count). The van der Waals surface area contributed by atoms with Crippen LogP contribution in [0, 0.1) is 12.8 Å². The van der Waals surface area contributed by atoms with Crippen molar-refractivity contribution in [1.82, 2.24) is 0 Å². The second-order valence-corrected chi connectivity index (χ2v) is 7.81. The lowest BCUT2D eigenvalue weighted by molar-refractivity contribution is -0.139. The van der Waals surface area contributed by atoms with E-state index in [1.807, 2.05) is 0 Å². The number of rotatable bonds is 4. The molecule has 0 unspecified atom stereocenters. The Morgan fingerprint density at radius 2 is 1.67 bits per heavy atom. The first-order valence-electron chi connectivity index (χ1n) is 9.57. The number of carbonyl (C=O) groups is 4. The minimum Gasteiger partial charge on any atom is -0.426 e. The highest BCUT2D eigenvalue weighted by Gasteiger charge is 2.36. The molecule has 2 heterocycles. The number of halogens is 1. The zero-order chi connectivity index (χ0) is 21.4. The maximum Gasteiger partial charge on any atom is 0.316 e. The quantitative estimate of drug-likeness (QED) is 0.425. The van der Waals surface area contributed by atoms with Gasteiger partial charge in [0.25, 0.3) is 0 Å². The third-order valence-corrected chi connectivity index (χ3v) is 5.53. The molecular formula is C22H19ClN2O5. The smallest absolute Gasteiger partial charge is 0.316 e. The van der Waals surface area contributed by atoms with Crippen molar-refractivity contribution in [2.45, 2.75) is 26.2 Å². The van der Waals surface area contributed by atoms with Crippen molar-refractivity contribution in [1.29, 1.82) is 0 Å². The second-order valence-electron chi connectivity index (χ2n) is 7.37. The van der Waals surface area contributed by atoms with E-state index in [-0.39, 0.29) is 43.5 Å². The summed E-state index contributed by atoms with van der Waals surface area (Å²) in [4.78, 5) is 51.6. The molecule has 0 spiro atoms. The van der Waals surface area contributed by atoms with Gasteiger partial charge in [0.15, 0.2) is 0 Å². The number of amides is 3. The van der Waals surface area contributed by atoms with E-state index < -0.39 is 11.9 Å². The molecule has 154 valence electrons. The van der Waals surface area contributed by atoms with Gasteiger partial charge in [0.2, 0.25) is 17.7 Å². The average molecular weight is 427 g/mol. The summed E-state index contributed by atoms with van der Waals surface area (Å²) in [7, 11) is 0. The second kappa shape index (κ2) is 7.91. The molecule has 0 bridgehead atoms. The van der Waals surface area contributed by atoms with E-state index in [0.29, 0.717) is 27.7 Å². The number of anilines is 2. The number of hydrogen-bond donors (Lipinski definition) is 0. The first-order chi connectivity index (χ1) is 14.3. The zero-order valence-corrected chi connectivity index (χ0v) is 17.0. The number of imide groups is 1. The minimum absolute atomic E-state index is 0.0648. The van der Waals surface area contributed by atoms with Crippen LogP contribution in [0.1, 0.15) is 24.8 Å². The van der Waals surface area contributed by atoms with Gasteiger partial charge in [-0.15, -0.1) is 0 Å². The van der Waals surface area contributed by atoms with Gasteiger partial charge in [-0.2, -0.15) is 0 Å². The first-order valence-corrected chi connectivity index (χ1v) is 9.95. The Kier molecular flexibility index (Phi) is 5.30. The molecule has 0 aromatic heterocycles. The third-order valence-electron chi connectivity index (χ3n) is 5.28. The molecule has 2 aliphatic heterocycles. The summed E-state index contributed by atoms with van der Waals surface area (Å²) in [5.74, 6) is -1.41.